The number of nitrogens with two attached hydrogens (primary N) is 1. The SMILES string of the molecule is CC(=O)CCCCCN1C(=O)CC(SCC(N)C(=O)NCCCCCC(=O)NC(C)C)C1=O. The van der Waals surface area contributed by atoms with Crippen LogP contribution < -0.4 is 16.4 Å². The molecule has 0 radical (unpaired) electrons. The van der Waals surface area contributed by atoms with E-state index in [2.05, 4.69) is 10.6 Å². The number of rotatable bonds is 17. The van der Waals surface area contributed by atoms with Crippen LogP contribution in [0.3, 0.4) is 0 Å². The number of carbonyl (C=O) groups excluding carboxylic acids is 5. The highest BCUT2D eigenvalue weighted by Crippen LogP contribution is 2.26. The minimum absolute atomic E-state index is 0.0413. The predicted octanol–water partition coefficient (Wildman–Crippen LogP) is 1.53. The molecule has 4 amide bonds. The van der Waals surface area contributed by atoms with Crippen molar-refractivity contribution in [1.29, 1.82) is 0 Å². The molecule has 9 nitrogen and oxygen atoms in total. The van der Waals surface area contributed by atoms with E-state index in [0.29, 0.717) is 32.4 Å². The second-order valence-electron chi connectivity index (χ2n) is 8.85. The van der Waals surface area contributed by atoms with Gasteiger partial charge in [0.15, 0.2) is 0 Å². The lowest BCUT2D eigenvalue weighted by molar-refractivity contribution is -0.138. The molecule has 4 N–H and O–H groups in total. The second-order valence-corrected chi connectivity index (χ2v) is 10.1. The first kappa shape index (κ1) is 29.1. The molecule has 1 aliphatic heterocycles. The van der Waals surface area contributed by atoms with Gasteiger partial charge < -0.3 is 21.2 Å². The highest BCUT2D eigenvalue weighted by atomic mass is 32.2. The third-order valence-electron chi connectivity index (χ3n) is 5.26. The van der Waals surface area contributed by atoms with Gasteiger partial charge in [0.05, 0.1) is 11.3 Å². The Morgan fingerprint density at radius 1 is 1.06 bits per heavy atom. The van der Waals surface area contributed by atoms with E-state index in [1.54, 1.807) is 6.92 Å². The van der Waals surface area contributed by atoms with E-state index in [1.165, 1.54) is 16.7 Å². The molecule has 0 bridgehead atoms. The van der Waals surface area contributed by atoms with E-state index < -0.39 is 11.3 Å². The molecule has 1 rings (SSSR count). The Labute approximate surface area is 201 Å². The summed E-state index contributed by atoms with van der Waals surface area (Å²) in [6.45, 7) is 6.26. The molecule has 0 aliphatic carbocycles. The monoisotopic (exact) mass is 484 g/mol. The summed E-state index contributed by atoms with van der Waals surface area (Å²) in [6, 6.07) is -0.615. The number of ketones is 1. The van der Waals surface area contributed by atoms with Crippen LogP contribution in [0.25, 0.3) is 0 Å². The van der Waals surface area contributed by atoms with Crippen LogP contribution in [0.4, 0.5) is 0 Å². The van der Waals surface area contributed by atoms with E-state index in [-0.39, 0.29) is 47.6 Å². The summed E-state index contributed by atoms with van der Waals surface area (Å²) in [6.07, 6.45) is 5.74. The van der Waals surface area contributed by atoms with Crippen molar-refractivity contribution in [1.82, 2.24) is 15.5 Å². The van der Waals surface area contributed by atoms with Crippen LogP contribution in [-0.4, -0.2) is 70.5 Å². The number of Topliss-reactive ketones (excluding diaryl/α,β-unsaturated/α-hetero) is 1. The maximum Gasteiger partial charge on any atom is 0.242 e. The van der Waals surface area contributed by atoms with Gasteiger partial charge in [-0.25, -0.2) is 0 Å². The number of nitrogens with one attached hydrogen (secondary N) is 2. The van der Waals surface area contributed by atoms with E-state index in [1.807, 2.05) is 13.8 Å². The summed E-state index contributed by atoms with van der Waals surface area (Å²) in [5.41, 5.74) is 5.95. The summed E-state index contributed by atoms with van der Waals surface area (Å²) in [5, 5.41) is 5.14. The highest BCUT2D eigenvalue weighted by Gasteiger charge is 2.38. The molecule has 10 heteroatoms. The molecular weight excluding hydrogens is 444 g/mol. The predicted molar refractivity (Wildman–Crippen MR) is 129 cm³/mol. The van der Waals surface area contributed by atoms with Gasteiger partial charge in [-0.3, -0.25) is 24.1 Å². The molecule has 1 fully saturated rings. The largest absolute Gasteiger partial charge is 0.355 e. The quantitative estimate of drug-likeness (QED) is 0.210. The van der Waals surface area contributed by atoms with Crippen molar-refractivity contribution in [3.8, 4) is 0 Å². The number of carbonyl (C=O) groups is 5. The van der Waals surface area contributed by atoms with Gasteiger partial charge in [-0.2, -0.15) is 0 Å². The van der Waals surface area contributed by atoms with Gasteiger partial charge in [0, 0.05) is 44.1 Å². The zero-order chi connectivity index (χ0) is 24.8. The Morgan fingerprint density at radius 3 is 2.39 bits per heavy atom. The fourth-order valence-corrected chi connectivity index (χ4v) is 4.58. The number of amides is 4. The van der Waals surface area contributed by atoms with Crippen molar-refractivity contribution >= 4 is 41.2 Å². The highest BCUT2D eigenvalue weighted by molar-refractivity contribution is 8.00. The van der Waals surface area contributed by atoms with Crippen LogP contribution in [0.1, 0.15) is 78.6 Å². The molecule has 0 saturated carbocycles. The Morgan fingerprint density at radius 2 is 1.73 bits per heavy atom. The molecule has 0 aromatic carbocycles. The Bertz CT molecular complexity index is 686. The zero-order valence-corrected chi connectivity index (χ0v) is 21.0. The molecule has 1 aliphatic rings. The van der Waals surface area contributed by atoms with Crippen molar-refractivity contribution in [3.05, 3.63) is 0 Å². The third kappa shape index (κ3) is 12.2. The number of unbranched alkanes of at least 4 members (excludes halogenated alkanes) is 4. The number of hydrogen-bond acceptors (Lipinski definition) is 7. The lowest BCUT2D eigenvalue weighted by Gasteiger charge is -2.16. The van der Waals surface area contributed by atoms with Gasteiger partial charge in [-0.15, -0.1) is 11.8 Å². The lowest BCUT2D eigenvalue weighted by Crippen LogP contribution is -2.43. The number of likely N-dealkylation sites (tertiary alicyclic amines) is 1. The molecule has 0 aromatic rings. The lowest BCUT2D eigenvalue weighted by atomic mass is 10.1. The van der Waals surface area contributed by atoms with Gasteiger partial charge in [-0.1, -0.05) is 12.8 Å². The molecular formula is C23H40N4O5S. The average molecular weight is 485 g/mol. The van der Waals surface area contributed by atoms with Crippen LogP contribution >= 0.6 is 11.8 Å². The summed E-state index contributed by atoms with van der Waals surface area (Å²) in [7, 11) is 0. The second kappa shape index (κ2) is 15.8. The maximum absolute atomic E-state index is 12.5. The van der Waals surface area contributed by atoms with Gasteiger partial charge in [0.25, 0.3) is 0 Å². The smallest absolute Gasteiger partial charge is 0.242 e. The van der Waals surface area contributed by atoms with Crippen molar-refractivity contribution in [2.75, 3.05) is 18.8 Å². The van der Waals surface area contributed by atoms with Crippen LogP contribution in [0.5, 0.6) is 0 Å². The van der Waals surface area contributed by atoms with E-state index in [9.17, 15) is 24.0 Å². The first-order chi connectivity index (χ1) is 15.6. The minimum Gasteiger partial charge on any atom is -0.355 e. The Hall–Kier alpha value is -1.94. The molecule has 1 heterocycles. The first-order valence-corrected chi connectivity index (χ1v) is 12.9. The van der Waals surface area contributed by atoms with Gasteiger partial charge in [-0.05, 0) is 46.5 Å². The third-order valence-corrected chi connectivity index (χ3v) is 6.58. The fourth-order valence-electron chi connectivity index (χ4n) is 3.46. The topological polar surface area (TPSA) is 139 Å². The summed E-state index contributed by atoms with van der Waals surface area (Å²) < 4.78 is 0. The molecule has 0 aromatic heterocycles. The van der Waals surface area contributed by atoms with Crippen molar-refractivity contribution < 1.29 is 24.0 Å². The van der Waals surface area contributed by atoms with Gasteiger partial charge in [0.2, 0.25) is 23.6 Å². The summed E-state index contributed by atoms with van der Waals surface area (Å²) >= 11 is 1.25. The summed E-state index contributed by atoms with van der Waals surface area (Å²) in [4.78, 5) is 60.7. The Balaban J connectivity index is 2.19. The van der Waals surface area contributed by atoms with Crippen molar-refractivity contribution in [2.24, 2.45) is 5.73 Å². The molecule has 188 valence electrons. The minimum atomic E-state index is -0.754. The normalized spacial score (nSPS) is 16.9. The van der Waals surface area contributed by atoms with Crippen LogP contribution in [-0.2, 0) is 24.0 Å². The van der Waals surface area contributed by atoms with Crippen molar-refractivity contribution in [3.63, 3.8) is 0 Å². The summed E-state index contributed by atoms with van der Waals surface area (Å²) in [5.74, 6) is -0.239. The number of imide groups is 1. The number of nitrogens with zero attached hydrogens (tertiary/aromatic N) is 1. The number of hydrogen-bond donors (Lipinski definition) is 3. The van der Waals surface area contributed by atoms with Gasteiger partial charge >= 0.3 is 0 Å². The average Bonchev–Trinajstić information content (AvgIpc) is 3.00. The van der Waals surface area contributed by atoms with Crippen molar-refractivity contribution in [2.45, 2.75) is 95.9 Å². The van der Waals surface area contributed by atoms with E-state index in [0.717, 1.165) is 32.1 Å². The van der Waals surface area contributed by atoms with E-state index in [4.69, 9.17) is 5.73 Å². The molecule has 2 atom stereocenters. The number of thioether (sulfide) groups is 1. The van der Waals surface area contributed by atoms with Crippen LogP contribution in [0, 0.1) is 0 Å². The standard InChI is InChI=1S/C23H40N4O5S/c1-16(2)26-20(29)11-7-4-8-12-25-22(31)18(24)15-33-19-14-21(30)27(23(19)32)13-9-5-6-10-17(3)28/h16,18-19H,4-15,24H2,1-3H3,(H,25,31)(H,26,29). The maximum atomic E-state index is 12.5. The zero-order valence-electron chi connectivity index (χ0n) is 20.2. The molecule has 1 saturated heterocycles. The fraction of sp³-hybridized carbons (Fsp3) is 0.783. The first-order valence-electron chi connectivity index (χ1n) is 11.9. The Kier molecular flexibility index (Phi) is 13.9. The molecule has 2 unspecified atom stereocenters. The van der Waals surface area contributed by atoms with Crippen LogP contribution in [0.15, 0.2) is 0 Å². The molecule has 0 spiro atoms. The van der Waals surface area contributed by atoms with Crippen LogP contribution in [0.2, 0.25) is 0 Å². The molecule has 33 heavy (non-hydrogen) atoms. The van der Waals surface area contributed by atoms with Gasteiger partial charge in [0.1, 0.15) is 5.78 Å². The van der Waals surface area contributed by atoms with E-state index >= 15 is 0 Å².